The van der Waals surface area contributed by atoms with Gasteiger partial charge in [0.25, 0.3) is 0 Å². The topological polar surface area (TPSA) is 25.2 Å². The molecule has 3 heteroatoms. The number of thiophene rings is 1. The second kappa shape index (κ2) is 5.19. The lowest BCUT2D eigenvalue weighted by Gasteiger charge is -2.08. The van der Waals surface area contributed by atoms with E-state index in [-0.39, 0.29) is 0 Å². The highest BCUT2D eigenvalue weighted by atomic mass is 32.1. The molecule has 0 spiro atoms. The van der Waals surface area contributed by atoms with Gasteiger partial charge in [0.2, 0.25) is 0 Å². The monoisotopic (exact) mass is 271 g/mol. The van der Waals surface area contributed by atoms with E-state index in [1.165, 1.54) is 21.2 Å². The highest BCUT2D eigenvalue weighted by Crippen LogP contribution is 2.34. The Kier molecular flexibility index (Phi) is 3.40. The molecule has 0 amide bonds. The fourth-order valence-electron chi connectivity index (χ4n) is 2.22. The first kappa shape index (κ1) is 12.5. The van der Waals surface area contributed by atoms with E-state index in [1.54, 1.807) is 17.6 Å². The zero-order chi connectivity index (χ0) is 13.2. The van der Waals surface area contributed by atoms with E-state index in [0.717, 1.165) is 12.3 Å². The first-order chi connectivity index (χ1) is 9.25. The van der Waals surface area contributed by atoms with Crippen molar-refractivity contribution in [2.75, 3.05) is 0 Å². The van der Waals surface area contributed by atoms with E-state index < -0.39 is 0 Å². The zero-order valence-corrected chi connectivity index (χ0v) is 12.0. The van der Waals surface area contributed by atoms with Crippen LogP contribution < -0.4 is 5.32 Å². The summed E-state index contributed by atoms with van der Waals surface area (Å²) in [6.45, 7) is 5.05. The molecule has 0 atom stereocenters. The SMILES string of the molecule is CC(C)NCc1occc1-c1cccc2ccsc12. The molecule has 0 unspecified atom stereocenters. The van der Waals surface area contributed by atoms with Crippen LogP contribution >= 0.6 is 11.3 Å². The second-order valence-corrected chi connectivity index (χ2v) is 5.85. The van der Waals surface area contributed by atoms with Crippen molar-refractivity contribution in [3.8, 4) is 11.1 Å². The van der Waals surface area contributed by atoms with Crippen LogP contribution in [-0.2, 0) is 6.54 Å². The van der Waals surface area contributed by atoms with Gasteiger partial charge in [-0.25, -0.2) is 0 Å². The Balaban J connectivity index is 2.02. The minimum absolute atomic E-state index is 0.454. The van der Waals surface area contributed by atoms with Crippen LogP contribution in [0.4, 0.5) is 0 Å². The molecular weight excluding hydrogens is 254 g/mol. The van der Waals surface area contributed by atoms with E-state index in [4.69, 9.17) is 4.42 Å². The minimum atomic E-state index is 0.454. The van der Waals surface area contributed by atoms with E-state index in [1.807, 2.05) is 0 Å². The number of fused-ring (bicyclic) bond motifs is 1. The maximum Gasteiger partial charge on any atom is 0.125 e. The molecule has 2 nitrogen and oxygen atoms in total. The Labute approximate surface area is 117 Å². The van der Waals surface area contributed by atoms with Gasteiger partial charge in [0.15, 0.2) is 0 Å². The number of rotatable bonds is 4. The van der Waals surface area contributed by atoms with Crippen molar-refractivity contribution in [2.45, 2.75) is 26.4 Å². The predicted octanol–water partition coefficient (Wildman–Crippen LogP) is 4.66. The molecule has 3 rings (SSSR count). The molecule has 0 aliphatic carbocycles. The molecule has 2 heterocycles. The summed E-state index contributed by atoms with van der Waals surface area (Å²) >= 11 is 1.78. The van der Waals surface area contributed by atoms with Crippen LogP contribution in [0.1, 0.15) is 19.6 Å². The van der Waals surface area contributed by atoms with Crippen LogP contribution in [0.25, 0.3) is 21.2 Å². The summed E-state index contributed by atoms with van der Waals surface area (Å²) in [7, 11) is 0. The maximum absolute atomic E-state index is 5.64. The predicted molar refractivity (Wildman–Crippen MR) is 81.5 cm³/mol. The van der Waals surface area contributed by atoms with Gasteiger partial charge in [-0.3, -0.25) is 0 Å². The van der Waals surface area contributed by atoms with Crippen LogP contribution in [0.15, 0.2) is 46.4 Å². The Morgan fingerprint density at radius 2 is 2.05 bits per heavy atom. The van der Waals surface area contributed by atoms with Gasteiger partial charge in [0, 0.05) is 21.9 Å². The quantitative estimate of drug-likeness (QED) is 0.746. The van der Waals surface area contributed by atoms with E-state index >= 15 is 0 Å². The second-order valence-electron chi connectivity index (χ2n) is 4.94. The molecule has 1 aromatic carbocycles. The molecule has 0 fully saturated rings. The van der Waals surface area contributed by atoms with Gasteiger partial charge in [-0.15, -0.1) is 11.3 Å². The number of nitrogens with one attached hydrogen (secondary N) is 1. The zero-order valence-electron chi connectivity index (χ0n) is 11.1. The van der Waals surface area contributed by atoms with Gasteiger partial charge < -0.3 is 9.73 Å². The third kappa shape index (κ3) is 2.44. The van der Waals surface area contributed by atoms with Crippen molar-refractivity contribution in [1.29, 1.82) is 0 Å². The molecule has 0 bridgehead atoms. The molecule has 0 aliphatic heterocycles. The first-order valence-corrected chi connectivity index (χ1v) is 7.40. The van der Waals surface area contributed by atoms with Gasteiger partial charge >= 0.3 is 0 Å². The van der Waals surface area contributed by atoms with Gasteiger partial charge in [-0.05, 0) is 22.9 Å². The lowest BCUT2D eigenvalue weighted by molar-refractivity contribution is 0.466. The Morgan fingerprint density at radius 3 is 2.89 bits per heavy atom. The molecule has 98 valence electrons. The number of furan rings is 1. The lowest BCUT2D eigenvalue weighted by atomic mass is 10.0. The normalized spacial score (nSPS) is 11.5. The average Bonchev–Trinajstić information content (AvgIpc) is 3.04. The molecule has 19 heavy (non-hydrogen) atoms. The van der Waals surface area contributed by atoms with Crippen molar-refractivity contribution in [3.05, 3.63) is 47.7 Å². The van der Waals surface area contributed by atoms with Crippen molar-refractivity contribution >= 4 is 21.4 Å². The van der Waals surface area contributed by atoms with Gasteiger partial charge in [0.1, 0.15) is 5.76 Å². The fraction of sp³-hybridized carbons (Fsp3) is 0.250. The van der Waals surface area contributed by atoms with Crippen LogP contribution in [0.2, 0.25) is 0 Å². The van der Waals surface area contributed by atoms with Crippen LogP contribution in [0.5, 0.6) is 0 Å². The Hall–Kier alpha value is -1.58. The highest BCUT2D eigenvalue weighted by molar-refractivity contribution is 7.17. The van der Waals surface area contributed by atoms with Gasteiger partial charge in [-0.1, -0.05) is 32.0 Å². The molecule has 2 aromatic heterocycles. The maximum atomic E-state index is 5.64. The summed E-state index contributed by atoms with van der Waals surface area (Å²) in [5.74, 6) is 1.01. The molecule has 0 aliphatic rings. The number of benzene rings is 1. The highest BCUT2D eigenvalue weighted by Gasteiger charge is 2.12. The summed E-state index contributed by atoms with van der Waals surface area (Å²) < 4.78 is 6.97. The minimum Gasteiger partial charge on any atom is -0.467 e. The summed E-state index contributed by atoms with van der Waals surface area (Å²) in [6.07, 6.45) is 1.78. The number of hydrogen-bond acceptors (Lipinski definition) is 3. The smallest absolute Gasteiger partial charge is 0.125 e. The molecule has 1 N–H and O–H groups in total. The summed E-state index contributed by atoms with van der Waals surface area (Å²) in [4.78, 5) is 0. The standard InChI is InChI=1S/C16H17NOS/c1-11(2)17-10-15-13(6-8-18-15)14-5-3-4-12-7-9-19-16(12)14/h3-9,11,17H,10H2,1-2H3. The first-order valence-electron chi connectivity index (χ1n) is 6.52. The number of hydrogen-bond donors (Lipinski definition) is 1. The molecule has 3 aromatic rings. The summed E-state index contributed by atoms with van der Waals surface area (Å²) in [6, 6.07) is 11.1. The molecular formula is C16H17NOS. The van der Waals surface area contributed by atoms with E-state index in [9.17, 15) is 0 Å². The lowest BCUT2D eigenvalue weighted by Crippen LogP contribution is -2.21. The molecule has 0 saturated carbocycles. The summed E-state index contributed by atoms with van der Waals surface area (Å²) in [5.41, 5.74) is 2.46. The van der Waals surface area contributed by atoms with Crippen molar-refractivity contribution in [1.82, 2.24) is 5.32 Å². The van der Waals surface area contributed by atoms with E-state index in [2.05, 4.69) is 54.9 Å². The van der Waals surface area contributed by atoms with Crippen LogP contribution in [-0.4, -0.2) is 6.04 Å². The largest absolute Gasteiger partial charge is 0.467 e. The summed E-state index contributed by atoms with van der Waals surface area (Å²) in [5, 5.41) is 6.85. The fourth-order valence-corrected chi connectivity index (χ4v) is 3.15. The Morgan fingerprint density at radius 1 is 1.16 bits per heavy atom. The third-order valence-electron chi connectivity index (χ3n) is 3.19. The van der Waals surface area contributed by atoms with Crippen LogP contribution in [0, 0.1) is 0 Å². The van der Waals surface area contributed by atoms with Crippen molar-refractivity contribution in [2.24, 2.45) is 0 Å². The van der Waals surface area contributed by atoms with Crippen LogP contribution in [0.3, 0.4) is 0 Å². The van der Waals surface area contributed by atoms with Gasteiger partial charge in [0.05, 0.1) is 12.8 Å². The Bertz CT molecular complexity index is 681. The van der Waals surface area contributed by atoms with Crippen molar-refractivity contribution in [3.63, 3.8) is 0 Å². The van der Waals surface area contributed by atoms with Crippen molar-refractivity contribution < 1.29 is 4.42 Å². The average molecular weight is 271 g/mol. The van der Waals surface area contributed by atoms with Gasteiger partial charge in [-0.2, -0.15) is 0 Å². The molecule has 0 saturated heterocycles. The molecule has 0 radical (unpaired) electrons. The third-order valence-corrected chi connectivity index (χ3v) is 4.15. The van der Waals surface area contributed by atoms with E-state index in [0.29, 0.717) is 6.04 Å².